The van der Waals surface area contributed by atoms with Crippen molar-refractivity contribution in [1.82, 2.24) is 25.8 Å². The third-order valence-electron chi connectivity index (χ3n) is 8.57. The van der Waals surface area contributed by atoms with Gasteiger partial charge >= 0.3 is 6.09 Å². The van der Waals surface area contributed by atoms with Gasteiger partial charge in [0.2, 0.25) is 17.6 Å². The van der Waals surface area contributed by atoms with Crippen LogP contribution in [-0.4, -0.2) is 104 Å². The Morgan fingerprint density at radius 3 is 2.51 bits per heavy atom. The third kappa shape index (κ3) is 10.7. The van der Waals surface area contributed by atoms with Gasteiger partial charge in [0.25, 0.3) is 0 Å². The predicted octanol–water partition coefficient (Wildman–Crippen LogP) is 3.39. The number of hydrogen-bond acceptors (Lipinski definition) is 10. The molecule has 1 saturated heterocycles. The maximum absolute atomic E-state index is 14.0. The summed E-state index contributed by atoms with van der Waals surface area (Å²) < 4.78 is 16.5. The fraction of sp³-hybridized carbons (Fsp3) is 0.606. The third-order valence-corrected chi connectivity index (χ3v) is 9.52. The number of carboxylic acid groups (broad SMARTS) is 1. The summed E-state index contributed by atoms with van der Waals surface area (Å²) in [6, 6.07) is 5.70. The molecule has 14 heteroatoms. The lowest BCUT2D eigenvalue weighted by Crippen LogP contribution is -2.55. The molecule has 4 N–H and O–H groups in total. The molecule has 2 fully saturated rings. The Hall–Kier alpha value is -3.59. The fourth-order valence-electron chi connectivity index (χ4n) is 5.91. The maximum atomic E-state index is 14.0. The zero-order valence-electron chi connectivity index (χ0n) is 27.2. The van der Waals surface area contributed by atoms with Gasteiger partial charge in [-0.3, -0.25) is 14.4 Å². The number of ketones is 1. The van der Waals surface area contributed by atoms with Gasteiger partial charge in [-0.2, -0.15) is 0 Å². The molecule has 2 aromatic rings. The van der Waals surface area contributed by atoms with Crippen molar-refractivity contribution >= 4 is 35.0 Å². The van der Waals surface area contributed by atoms with Crippen molar-refractivity contribution < 1.29 is 38.5 Å². The largest absolute Gasteiger partial charge is 0.491 e. The van der Waals surface area contributed by atoms with E-state index in [1.807, 2.05) is 4.90 Å². The highest BCUT2D eigenvalue weighted by Crippen LogP contribution is 2.36. The first-order chi connectivity index (χ1) is 22.8. The van der Waals surface area contributed by atoms with E-state index in [4.69, 9.17) is 24.3 Å². The Kier molecular flexibility index (Phi) is 14.4. The summed E-state index contributed by atoms with van der Waals surface area (Å²) in [7, 11) is 1.73. The molecule has 3 amide bonds. The summed E-state index contributed by atoms with van der Waals surface area (Å²) in [5.41, 5.74) is 0.769. The van der Waals surface area contributed by atoms with Crippen LogP contribution in [0.3, 0.4) is 0 Å². The van der Waals surface area contributed by atoms with Gasteiger partial charge in [-0.15, -0.1) is 11.3 Å². The summed E-state index contributed by atoms with van der Waals surface area (Å²) in [5.74, 6) is 0.166. The Morgan fingerprint density at radius 2 is 1.77 bits per heavy atom. The predicted molar refractivity (Wildman–Crippen MR) is 176 cm³/mol. The van der Waals surface area contributed by atoms with Crippen molar-refractivity contribution in [2.75, 3.05) is 53.2 Å². The van der Waals surface area contributed by atoms with Gasteiger partial charge in [0.05, 0.1) is 38.5 Å². The number of likely N-dealkylation sites (N-methyl/N-ethyl adjacent to an activating group) is 1. The van der Waals surface area contributed by atoms with Crippen LogP contribution in [0.5, 0.6) is 5.75 Å². The van der Waals surface area contributed by atoms with Gasteiger partial charge in [0, 0.05) is 24.0 Å². The lowest BCUT2D eigenvalue weighted by Gasteiger charge is -2.35. The first-order valence-electron chi connectivity index (χ1n) is 16.4. The van der Waals surface area contributed by atoms with Crippen molar-refractivity contribution in [2.24, 2.45) is 5.92 Å². The number of carbonyl (C=O) groups excluding carboxylic acids is 3. The molecule has 1 aliphatic heterocycles. The van der Waals surface area contributed by atoms with E-state index in [9.17, 15) is 19.2 Å². The first kappa shape index (κ1) is 36.2. The van der Waals surface area contributed by atoms with Gasteiger partial charge in [-0.25, -0.2) is 9.78 Å². The van der Waals surface area contributed by atoms with Crippen LogP contribution in [0.4, 0.5) is 4.79 Å². The van der Waals surface area contributed by atoms with Crippen LogP contribution in [0.15, 0.2) is 29.6 Å². The molecular formula is C33H47N5O8S. The van der Waals surface area contributed by atoms with Crippen LogP contribution in [0.25, 0.3) is 0 Å². The minimum absolute atomic E-state index is 0.0616. The quantitative estimate of drug-likeness (QED) is 0.136. The second kappa shape index (κ2) is 18.7. The van der Waals surface area contributed by atoms with Crippen LogP contribution >= 0.6 is 11.3 Å². The number of rotatable bonds is 18. The number of likely N-dealkylation sites (tertiary alicyclic amines) is 1. The number of thiazole rings is 1. The smallest absolute Gasteiger partial charge is 0.404 e. The van der Waals surface area contributed by atoms with Gasteiger partial charge in [0.15, 0.2) is 0 Å². The molecule has 4 rings (SSSR count). The SMILES string of the molecule is CNC(C)C(=O)NC(C(=O)N1CCC[C@H]1c1nc(C(=O)c2cccc(OCCOCCOCCNC(=O)O)c2)cs1)C1CCCCC1. The van der Waals surface area contributed by atoms with Crippen molar-refractivity contribution in [3.05, 3.63) is 45.9 Å². The number of amides is 3. The Morgan fingerprint density at radius 1 is 1.02 bits per heavy atom. The molecule has 47 heavy (non-hydrogen) atoms. The highest BCUT2D eigenvalue weighted by atomic mass is 32.1. The zero-order valence-corrected chi connectivity index (χ0v) is 28.0. The second-order valence-corrected chi connectivity index (χ2v) is 12.7. The normalized spacial score (nSPS) is 18.0. The van der Waals surface area contributed by atoms with Crippen LogP contribution in [0, 0.1) is 5.92 Å². The summed E-state index contributed by atoms with van der Waals surface area (Å²) in [6.45, 7) is 4.13. The number of nitrogens with zero attached hydrogens (tertiary/aromatic N) is 2. The highest BCUT2D eigenvalue weighted by molar-refractivity contribution is 7.10. The van der Waals surface area contributed by atoms with Crippen LogP contribution in [-0.2, 0) is 19.1 Å². The molecule has 0 spiro atoms. The zero-order chi connectivity index (χ0) is 33.6. The molecule has 2 unspecified atom stereocenters. The van der Waals surface area contributed by atoms with Crippen LogP contribution in [0.2, 0.25) is 0 Å². The van der Waals surface area contributed by atoms with Gasteiger partial charge in [0.1, 0.15) is 29.1 Å². The van der Waals surface area contributed by atoms with Crippen molar-refractivity contribution in [1.29, 1.82) is 0 Å². The Labute approximate surface area is 279 Å². The molecular weight excluding hydrogens is 626 g/mol. The van der Waals surface area contributed by atoms with E-state index in [2.05, 4.69) is 16.0 Å². The monoisotopic (exact) mass is 673 g/mol. The number of aromatic nitrogens is 1. The van der Waals surface area contributed by atoms with E-state index in [1.54, 1.807) is 43.6 Å². The van der Waals surface area contributed by atoms with Crippen LogP contribution < -0.4 is 20.7 Å². The second-order valence-electron chi connectivity index (χ2n) is 11.8. The molecule has 0 radical (unpaired) electrons. The molecule has 258 valence electrons. The maximum Gasteiger partial charge on any atom is 0.404 e. The number of ether oxygens (including phenoxy) is 3. The minimum Gasteiger partial charge on any atom is -0.491 e. The molecule has 2 aliphatic rings. The molecule has 1 aromatic heterocycles. The summed E-state index contributed by atoms with van der Waals surface area (Å²) >= 11 is 1.38. The standard InChI is InChI=1S/C33H47N5O8S/c1-22(34-2)30(40)37-28(23-8-4-3-5-9-23)32(41)38-14-7-12-27(38)31-36-26(21-47-31)29(39)24-10-6-11-25(20-24)46-19-18-45-17-16-44-15-13-35-33(42)43/h6,10-11,20-23,27-28,34-35H,3-5,7-9,12-19H2,1-2H3,(H,37,40)(H,42,43)/t22?,27-,28?/m0/s1. The van der Waals surface area contributed by atoms with E-state index in [0.29, 0.717) is 43.4 Å². The summed E-state index contributed by atoms with van der Waals surface area (Å²) in [6.07, 6.45) is 5.59. The number of carbonyl (C=O) groups is 4. The lowest BCUT2D eigenvalue weighted by molar-refractivity contribution is -0.139. The fourth-order valence-corrected chi connectivity index (χ4v) is 6.86. The topological polar surface area (TPSA) is 168 Å². The minimum atomic E-state index is -1.09. The molecule has 1 aromatic carbocycles. The van der Waals surface area contributed by atoms with E-state index in [1.165, 1.54) is 11.3 Å². The lowest BCUT2D eigenvalue weighted by atomic mass is 9.83. The van der Waals surface area contributed by atoms with E-state index in [-0.39, 0.29) is 49.3 Å². The molecule has 1 aliphatic carbocycles. The van der Waals surface area contributed by atoms with E-state index >= 15 is 0 Å². The summed E-state index contributed by atoms with van der Waals surface area (Å²) in [4.78, 5) is 57.3. The first-order valence-corrected chi connectivity index (χ1v) is 17.3. The van der Waals surface area contributed by atoms with Crippen molar-refractivity contribution in [3.63, 3.8) is 0 Å². The van der Waals surface area contributed by atoms with Crippen LogP contribution in [0.1, 0.15) is 79.0 Å². The highest BCUT2D eigenvalue weighted by Gasteiger charge is 2.40. The van der Waals surface area contributed by atoms with Crippen molar-refractivity contribution in [3.8, 4) is 5.75 Å². The number of benzene rings is 1. The average Bonchev–Trinajstić information content (AvgIpc) is 3.78. The Balaban J connectivity index is 1.31. The van der Waals surface area contributed by atoms with Gasteiger partial charge in [-0.05, 0) is 57.7 Å². The molecule has 13 nitrogen and oxygen atoms in total. The average molecular weight is 674 g/mol. The van der Waals surface area contributed by atoms with E-state index in [0.717, 1.165) is 50.0 Å². The number of nitrogens with one attached hydrogen (secondary N) is 3. The van der Waals surface area contributed by atoms with Gasteiger partial charge in [-0.1, -0.05) is 31.4 Å². The Bertz CT molecular complexity index is 1330. The van der Waals surface area contributed by atoms with E-state index < -0.39 is 18.2 Å². The molecule has 3 atom stereocenters. The van der Waals surface area contributed by atoms with Crippen molar-refractivity contribution in [2.45, 2.75) is 70.0 Å². The summed E-state index contributed by atoms with van der Waals surface area (Å²) in [5, 5.41) is 19.2. The molecule has 2 heterocycles. The number of hydrogen-bond donors (Lipinski definition) is 4. The molecule has 1 saturated carbocycles. The molecule has 0 bridgehead atoms. The van der Waals surface area contributed by atoms with Gasteiger partial charge < -0.3 is 40.2 Å².